The third-order valence-corrected chi connectivity index (χ3v) is 3.85. The van der Waals surface area contributed by atoms with Crippen LogP contribution in [0.3, 0.4) is 0 Å². The molecule has 0 amide bonds. The summed E-state index contributed by atoms with van der Waals surface area (Å²) in [6.07, 6.45) is 2.68. The fraction of sp³-hybridized carbons (Fsp3) is 0.727. The third-order valence-electron chi connectivity index (χ3n) is 3.02. The van der Waals surface area contributed by atoms with Crippen molar-refractivity contribution in [2.75, 3.05) is 20.1 Å². The predicted octanol–water partition coefficient (Wildman–Crippen LogP) is 1.64. The minimum Gasteiger partial charge on any atom is -0.310 e. The minimum atomic E-state index is 0.727. The molecule has 1 aliphatic heterocycles. The molecule has 0 spiro atoms. The lowest BCUT2D eigenvalue weighted by molar-refractivity contribution is 0.300. The van der Waals surface area contributed by atoms with E-state index in [1.165, 1.54) is 25.1 Å². The predicted molar refractivity (Wildman–Crippen MR) is 64.2 cm³/mol. The van der Waals surface area contributed by atoms with Crippen molar-refractivity contribution < 1.29 is 0 Å². The smallest absolute Gasteiger partial charge is 0.0897 e. The largest absolute Gasteiger partial charge is 0.310 e. The zero-order chi connectivity index (χ0) is 10.7. The summed E-state index contributed by atoms with van der Waals surface area (Å²) >= 11 is 1.73. The molecule has 0 saturated carbocycles. The zero-order valence-corrected chi connectivity index (χ0v) is 10.3. The van der Waals surface area contributed by atoms with Crippen LogP contribution in [0.2, 0.25) is 0 Å². The molecule has 15 heavy (non-hydrogen) atoms. The van der Waals surface area contributed by atoms with Crippen molar-refractivity contribution in [3.05, 3.63) is 16.1 Å². The Morgan fingerprint density at radius 1 is 1.67 bits per heavy atom. The molecular formula is C11H19N3S. The molecule has 1 fully saturated rings. The van der Waals surface area contributed by atoms with E-state index in [0.717, 1.165) is 24.1 Å². The molecule has 1 unspecified atom stereocenters. The first-order valence-electron chi connectivity index (χ1n) is 5.57. The van der Waals surface area contributed by atoms with Gasteiger partial charge in [0.15, 0.2) is 0 Å². The molecule has 3 nitrogen and oxygen atoms in total. The van der Waals surface area contributed by atoms with E-state index in [9.17, 15) is 0 Å². The highest BCUT2D eigenvalue weighted by Crippen LogP contribution is 2.14. The van der Waals surface area contributed by atoms with Crippen LogP contribution in [0, 0.1) is 6.92 Å². The molecule has 1 aliphatic rings. The molecule has 0 radical (unpaired) electrons. The van der Waals surface area contributed by atoms with Crippen LogP contribution in [0.15, 0.2) is 5.38 Å². The lowest BCUT2D eigenvalue weighted by Gasteiger charge is -2.19. The lowest BCUT2D eigenvalue weighted by Crippen LogP contribution is -2.35. The highest BCUT2D eigenvalue weighted by molar-refractivity contribution is 7.09. The Kier molecular flexibility index (Phi) is 3.72. The fourth-order valence-corrected chi connectivity index (χ4v) is 2.71. The Hall–Kier alpha value is -0.450. The van der Waals surface area contributed by atoms with Crippen molar-refractivity contribution in [3.8, 4) is 0 Å². The van der Waals surface area contributed by atoms with Gasteiger partial charge in [0.25, 0.3) is 0 Å². The van der Waals surface area contributed by atoms with Crippen LogP contribution >= 0.6 is 11.3 Å². The van der Waals surface area contributed by atoms with Gasteiger partial charge in [0, 0.05) is 24.5 Å². The number of thiazole rings is 1. The Morgan fingerprint density at radius 3 is 3.13 bits per heavy atom. The maximum absolute atomic E-state index is 4.44. The third kappa shape index (κ3) is 3.00. The van der Waals surface area contributed by atoms with Crippen LogP contribution in [0.5, 0.6) is 0 Å². The van der Waals surface area contributed by atoms with Gasteiger partial charge in [0.1, 0.15) is 0 Å². The van der Waals surface area contributed by atoms with E-state index >= 15 is 0 Å². The van der Waals surface area contributed by atoms with E-state index < -0.39 is 0 Å². The number of nitrogens with zero attached hydrogens (tertiary/aromatic N) is 2. The summed E-state index contributed by atoms with van der Waals surface area (Å²) in [6, 6.07) is 0.727. The van der Waals surface area contributed by atoms with E-state index in [2.05, 4.69) is 34.6 Å². The average molecular weight is 225 g/mol. The van der Waals surface area contributed by atoms with E-state index in [0.29, 0.717) is 0 Å². The number of likely N-dealkylation sites (tertiary alicyclic amines) is 1. The summed E-state index contributed by atoms with van der Waals surface area (Å²) in [4.78, 5) is 6.88. The second kappa shape index (κ2) is 5.05. The van der Waals surface area contributed by atoms with Crippen LogP contribution in [0.25, 0.3) is 0 Å². The van der Waals surface area contributed by atoms with Crippen molar-refractivity contribution in [1.29, 1.82) is 0 Å². The zero-order valence-electron chi connectivity index (χ0n) is 9.49. The van der Waals surface area contributed by atoms with Crippen molar-refractivity contribution in [2.24, 2.45) is 0 Å². The highest BCUT2D eigenvalue weighted by atomic mass is 32.1. The molecule has 1 aromatic rings. The van der Waals surface area contributed by atoms with Crippen molar-refractivity contribution >= 4 is 11.3 Å². The van der Waals surface area contributed by atoms with Gasteiger partial charge in [-0.2, -0.15) is 0 Å². The van der Waals surface area contributed by atoms with E-state index in [1.54, 1.807) is 11.3 Å². The first-order valence-corrected chi connectivity index (χ1v) is 6.45. The monoisotopic (exact) mass is 225 g/mol. The molecule has 4 heteroatoms. The summed E-state index contributed by atoms with van der Waals surface area (Å²) in [6.45, 7) is 5.31. The normalized spacial score (nSPS) is 22.4. The van der Waals surface area contributed by atoms with Crippen molar-refractivity contribution in [3.63, 3.8) is 0 Å². The van der Waals surface area contributed by atoms with Crippen molar-refractivity contribution in [2.45, 2.75) is 32.4 Å². The topological polar surface area (TPSA) is 28.2 Å². The number of likely N-dealkylation sites (N-methyl/N-ethyl adjacent to an activating group) is 1. The number of aromatic nitrogens is 1. The van der Waals surface area contributed by atoms with E-state index in [-0.39, 0.29) is 0 Å². The first kappa shape index (κ1) is 11.0. The van der Waals surface area contributed by atoms with Crippen LogP contribution in [0.1, 0.15) is 23.5 Å². The van der Waals surface area contributed by atoms with Gasteiger partial charge in [-0.3, -0.25) is 0 Å². The molecule has 2 rings (SSSR count). The second-order valence-corrected chi connectivity index (χ2v) is 5.33. The molecule has 1 saturated heterocycles. The van der Waals surface area contributed by atoms with Gasteiger partial charge in [-0.1, -0.05) is 0 Å². The Bertz CT molecular complexity index is 311. The van der Waals surface area contributed by atoms with Crippen LogP contribution in [-0.2, 0) is 6.54 Å². The van der Waals surface area contributed by atoms with Gasteiger partial charge in [-0.05, 0) is 33.4 Å². The summed E-state index contributed by atoms with van der Waals surface area (Å²) in [5, 5.41) is 6.79. The van der Waals surface area contributed by atoms with Crippen molar-refractivity contribution in [1.82, 2.24) is 15.2 Å². The van der Waals surface area contributed by atoms with Gasteiger partial charge < -0.3 is 10.2 Å². The number of hydrogen-bond acceptors (Lipinski definition) is 4. The molecule has 0 aliphatic carbocycles. The summed E-state index contributed by atoms with van der Waals surface area (Å²) in [5.74, 6) is 0. The summed E-state index contributed by atoms with van der Waals surface area (Å²) in [5.41, 5.74) is 1.18. The molecule has 1 atom stereocenters. The molecule has 84 valence electrons. The van der Waals surface area contributed by atoms with Gasteiger partial charge >= 0.3 is 0 Å². The molecule has 1 N–H and O–H groups in total. The van der Waals surface area contributed by atoms with Gasteiger partial charge in [-0.15, -0.1) is 11.3 Å². The molecule has 2 heterocycles. The molecular weight excluding hydrogens is 206 g/mol. The Labute approximate surface area is 95.5 Å². The van der Waals surface area contributed by atoms with Crippen LogP contribution in [0.4, 0.5) is 0 Å². The van der Waals surface area contributed by atoms with Crippen LogP contribution in [-0.4, -0.2) is 36.1 Å². The Morgan fingerprint density at radius 2 is 2.53 bits per heavy atom. The quantitative estimate of drug-likeness (QED) is 0.844. The first-order chi connectivity index (χ1) is 7.25. The number of aryl methyl sites for hydroxylation is 1. The maximum atomic E-state index is 4.44. The fourth-order valence-electron chi connectivity index (χ4n) is 2.09. The second-order valence-electron chi connectivity index (χ2n) is 4.27. The van der Waals surface area contributed by atoms with Gasteiger partial charge in [-0.25, -0.2) is 4.98 Å². The van der Waals surface area contributed by atoms with Gasteiger partial charge in [0.2, 0.25) is 0 Å². The van der Waals surface area contributed by atoms with Crippen LogP contribution < -0.4 is 5.32 Å². The summed E-state index contributed by atoms with van der Waals surface area (Å²) in [7, 11) is 2.21. The minimum absolute atomic E-state index is 0.727. The maximum Gasteiger partial charge on any atom is 0.0897 e. The lowest BCUT2D eigenvalue weighted by atomic mass is 10.2. The number of nitrogens with one attached hydrogen (secondary N) is 1. The number of hydrogen-bond donors (Lipinski definition) is 1. The number of rotatable bonds is 4. The van der Waals surface area contributed by atoms with Gasteiger partial charge in [0.05, 0.1) is 10.7 Å². The SMILES string of the molecule is Cc1nc(CNCC2CCCN2C)cs1. The average Bonchev–Trinajstić information content (AvgIpc) is 2.77. The molecule has 1 aromatic heterocycles. The Balaban J connectivity index is 1.70. The highest BCUT2D eigenvalue weighted by Gasteiger charge is 2.19. The summed E-state index contributed by atoms with van der Waals surface area (Å²) < 4.78 is 0. The van der Waals surface area contributed by atoms with E-state index in [4.69, 9.17) is 0 Å². The molecule has 0 bridgehead atoms. The molecule has 0 aromatic carbocycles. The standard InChI is InChI=1S/C11H19N3S/c1-9-13-10(8-15-9)6-12-7-11-4-3-5-14(11)2/h8,11-12H,3-7H2,1-2H3. The van der Waals surface area contributed by atoms with E-state index in [1.807, 2.05) is 0 Å².